The van der Waals surface area contributed by atoms with Crippen molar-refractivity contribution in [1.82, 2.24) is 0 Å². The second kappa shape index (κ2) is 5.27. The van der Waals surface area contributed by atoms with Gasteiger partial charge in [0.25, 0.3) is 5.91 Å². The van der Waals surface area contributed by atoms with Crippen LogP contribution in [0.25, 0.3) is 0 Å². The number of amides is 1. The summed E-state index contributed by atoms with van der Waals surface area (Å²) in [6.45, 7) is 1.72. The number of phenolic OH excluding ortho intramolecular Hbond substituents is 1. The molecule has 1 saturated heterocycles. The van der Waals surface area contributed by atoms with Crippen molar-refractivity contribution in [2.75, 3.05) is 5.32 Å². The third-order valence-corrected chi connectivity index (χ3v) is 3.05. The molecule has 1 aliphatic heterocycles. The van der Waals surface area contributed by atoms with Gasteiger partial charge in [0.15, 0.2) is 6.10 Å². The van der Waals surface area contributed by atoms with E-state index in [0.29, 0.717) is 24.1 Å². The number of anilines is 1. The Morgan fingerprint density at radius 2 is 2.00 bits per heavy atom. The van der Waals surface area contributed by atoms with Gasteiger partial charge in [-0.1, -0.05) is 0 Å². The zero-order valence-corrected chi connectivity index (χ0v) is 10.4. The van der Waals surface area contributed by atoms with E-state index in [2.05, 4.69) is 5.32 Å². The van der Waals surface area contributed by atoms with Crippen LogP contribution in [0.15, 0.2) is 18.2 Å². The number of aryl methyl sites for hydroxylation is 1. The molecule has 0 saturated carbocycles. The van der Waals surface area contributed by atoms with Crippen molar-refractivity contribution in [2.45, 2.75) is 32.0 Å². The molecule has 1 aromatic rings. The first kappa shape index (κ1) is 13.4. The van der Waals surface area contributed by atoms with Crippen LogP contribution in [-0.2, 0) is 14.3 Å². The van der Waals surface area contributed by atoms with E-state index in [9.17, 15) is 14.7 Å². The molecule has 1 amide bonds. The largest absolute Gasteiger partial charge is 0.508 e. The number of carbonyl (C=O) groups excluding carboxylic acids is 1. The number of hydrogen-bond acceptors (Lipinski definition) is 4. The Morgan fingerprint density at radius 1 is 1.32 bits per heavy atom. The molecule has 3 N–H and O–H groups in total. The van der Waals surface area contributed by atoms with E-state index in [1.807, 2.05) is 0 Å². The first-order valence-electron chi connectivity index (χ1n) is 5.96. The molecule has 1 fully saturated rings. The quantitative estimate of drug-likeness (QED) is 0.715. The van der Waals surface area contributed by atoms with Gasteiger partial charge in [-0.2, -0.15) is 0 Å². The smallest absolute Gasteiger partial charge is 0.332 e. The second-order valence-electron chi connectivity index (χ2n) is 4.52. The SMILES string of the molecule is Cc1cc(NC(=O)C2CCC(C(=O)O)O2)ccc1O. The van der Waals surface area contributed by atoms with E-state index >= 15 is 0 Å². The number of benzene rings is 1. The molecule has 0 bridgehead atoms. The van der Waals surface area contributed by atoms with E-state index in [4.69, 9.17) is 9.84 Å². The number of carboxylic acids is 1. The molecule has 2 rings (SSSR count). The molecule has 19 heavy (non-hydrogen) atoms. The van der Waals surface area contributed by atoms with Gasteiger partial charge in [0.2, 0.25) is 0 Å². The zero-order chi connectivity index (χ0) is 14.0. The summed E-state index contributed by atoms with van der Waals surface area (Å²) in [6, 6.07) is 4.70. The first-order valence-corrected chi connectivity index (χ1v) is 5.96. The Labute approximate surface area is 110 Å². The average Bonchev–Trinajstić information content (AvgIpc) is 2.83. The highest BCUT2D eigenvalue weighted by Gasteiger charge is 2.34. The van der Waals surface area contributed by atoms with Crippen molar-refractivity contribution in [3.63, 3.8) is 0 Å². The number of ether oxygens (including phenoxy) is 1. The molecule has 0 aromatic heterocycles. The molecular weight excluding hydrogens is 250 g/mol. The molecule has 1 heterocycles. The lowest BCUT2D eigenvalue weighted by Crippen LogP contribution is -2.29. The molecule has 1 aromatic carbocycles. The van der Waals surface area contributed by atoms with Crippen LogP contribution in [0.5, 0.6) is 5.75 Å². The van der Waals surface area contributed by atoms with Gasteiger partial charge in [0, 0.05) is 5.69 Å². The van der Waals surface area contributed by atoms with Gasteiger partial charge in [-0.3, -0.25) is 4.79 Å². The van der Waals surface area contributed by atoms with Gasteiger partial charge in [-0.15, -0.1) is 0 Å². The van der Waals surface area contributed by atoms with E-state index in [1.54, 1.807) is 19.1 Å². The third kappa shape index (κ3) is 3.03. The Hall–Kier alpha value is -2.08. The Kier molecular flexibility index (Phi) is 3.71. The van der Waals surface area contributed by atoms with Gasteiger partial charge in [-0.25, -0.2) is 4.79 Å². The Morgan fingerprint density at radius 3 is 2.58 bits per heavy atom. The number of aromatic hydroxyl groups is 1. The summed E-state index contributed by atoms with van der Waals surface area (Å²) in [4.78, 5) is 22.6. The van der Waals surface area contributed by atoms with Crippen LogP contribution >= 0.6 is 0 Å². The number of carbonyl (C=O) groups is 2. The van der Waals surface area contributed by atoms with Gasteiger partial charge < -0.3 is 20.3 Å². The van der Waals surface area contributed by atoms with Crippen molar-refractivity contribution >= 4 is 17.6 Å². The van der Waals surface area contributed by atoms with Crippen molar-refractivity contribution < 1.29 is 24.5 Å². The maximum absolute atomic E-state index is 11.9. The minimum Gasteiger partial charge on any atom is -0.508 e. The molecule has 2 unspecified atom stereocenters. The standard InChI is InChI=1S/C13H15NO5/c1-7-6-8(2-3-9(7)15)14-12(16)10-4-5-11(19-10)13(17)18/h2-3,6,10-11,15H,4-5H2,1H3,(H,14,16)(H,17,18). The molecule has 6 nitrogen and oxygen atoms in total. The molecule has 2 atom stereocenters. The number of nitrogens with one attached hydrogen (secondary N) is 1. The fourth-order valence-electron chi connectivity index (χ4n) is 1.97. The molecule has 1 aliphatic rings. The molecule has 0 spiro atoms. The first-order chi connectivity index (χ1) is 8.97. The van der Waals surface area contributed by atoms with Crippen molar-refractivity contribution in [1.29, 1.82) is 0 Å². The highest BCUT2D eigenvalue weighted by molar-refractivity contribution is 5.94. The summed E-state index contributed by atoms with van der Waals surface area (Å²) < 4.78 is 5.15. The van der Waals surface area contributed by atoms with Crippen molar-refractivity contribution in [3.05, 3.63) is 23.8 Å². The minimum absolute atomic E-state index is 0.154. The summed E-state index contributed by atoms with van der Waals surface area (Å²) in [7, 11) is 0. The predicted octanol–water partition coefficient (Wildman–Crippen LogP) is 1.27. The third-order valence-electron chi connectivity index (χ3n) is 3.05. The van der Waals surface area contributed by atoms with Crippen LogP contribution in [-0.4, -0.2) is 34.3 Å². The summed E-state index contributed by atoms with van der Waals surface area (Å²) >= 11 is 0. The van der Waals surface area contributed by atoms with E-state index in [1.165, 1.54) is 6.07 Å². The van der Waals surface area contributed by atoms with Gasteiger partial charge in [0.05, 0.1) is 0 Å². The Balaban J connectivity index is 1.98. The summed E-state index contributed by atoms with van der Waals surface area (Å²) in [5.74, 6) is -1.26. The van der Waals surface area contributed by atoms with E-state index < -0.39 is 18.2 Å². The molecule has 102 valence electrons. The van der Waals surface area contributed by atoms with Crippen molar-refractivity contribution in [2.24, 2.45) is 0 Å². The summed E-state index contributed by atoms with van der Waals surface area (Å²) in [6.07, 6.45) is -0.922. The van der Waals surface area contributed by atoms with Crippen LogP contribution in [0, 0.1) is 6.92 Å². The molecule has 0 aliphatic carbocycles. The van der Waals surface area contributed by atoms with Crippen LogP contribution in [0.1, 0.15) is 18.4 Å². The van der Waals surface area contributed by atoms with Gasteiger partial charge >= 0.3 is 5.97 Å². The second-order valence-corrected chi connectivity index (χ2v) is 4.52. The molecular formula is C13H15NO5. The van der Waals surface area contributed by atoms with Gasteiger partial charge in [-0.05, 0) is 43.5 Å². The molecule has 0 radical (unpaired) electrons. The van der Waals surface area contributed by atoms with Gasteiger partial charge in [0.1, 0.15) is 11.9 Å². The number of rotatable bonds is 3. The summed E-state index contributed by atoms with van der Waals surface area (Å²) in [5, 5.41) is 20.8. The van der Waals surface area contributed by atoms with Crippen LogP contribution in [0.3, 0.4) is 0 Å². The number of phenols is 1. The normalized spacial score (nSPS) is 22.2. The lowest BCUT2D eigenvalue weighted by Gasteiger charge is -2.12. The van der Waals surface area contributed by atoms with E-state index in [-0.39, 0.29) is 11.7 Å². The maximum atomic E-state index is 11.9. The lowest BCUT2D eigenvalue weighted by atomic mass is 10.1. The average molecular weight is 265 g/mol. The predicted molar refractivity (Wildman–Crippen MR) is 67.0 cm³/mol. The molecule has 6 heteroatoms. The number of carboxylic acid groups (broad SMARTS) is 1. The topological polar surface area (TPSA) is 95.9 Å². The summed E-state index contributed by atoms with van der Waals surface area (Å²) in [5.41, 5.74) is 1.19. The monoisotopic (exact) mass is 265 g/mol. The maximum Gasteiger partial charge on any atom is 0.332 e. The van der Waals surface area contributed by atoms with E-state index in [0.717, 1.165) is 0 Å². The minimum atomic E-state index is -1.05. The Bertz CT molecular complexity index is 514. The number of aliphatic carboxylic acids is 1. The van der Waals surface area contributed by atoms with Crippen LogP contribution in [0.2, 0.25) is 0 Å². The van der Waals surface area contributed by atoms with Crippen LogP contribution in [0.4, 0.5) is 5.69 Å². The fraction of sp³-hybridized carbons (Fsp3) is 0.385. The fourth-order valence-corrected chi connectivity index (χ4v) is 1.97. The highest BCUT2D eigenvalue weighted by Crippen LogP contribution is 2.23. The lowest BCUT2D eigenvalue weighted by molar-refractivity contribution is -0.150. The number of hydrogen-bond donors (Lipinski definition) is 3. The van der Waals surface area contributed by atoms with Crippen LogP contribution < -0.4 is 5.32 Å². The van der Waals surface area contributed by atoms with Crippen molar-refractivity contribution in [3.8, 4) is 5.75 Å². The highest BCUT2D eigenvalue weighted by atomic mass is 16.5. The zero-order valence-electron chi connectivity index (χ0n) is 10.4.